The zero-order valence-corrected chi connectivity index (χ0v) is 12.4. The number of hydrogen-bond acceptors (Lipinski definition) is 4. The molecule has 114 valence electrons. The van der Waals surface area contributed by atoms with Crippen LogP contribution in [0.15, 0.2) is 0 Å². The van der Waals surface area contributed by atoms with Gasteiger partial charge in [-0.15, -0.1) is 0 Å². The molecule has 0 atom stereocenters. The molecule has 1 N–H and O–H groups in total. The second-order valence-corrected chi connectivity index (χ2v) is 5.80. The third-order valence-corrected chi connectivity index (χ3v) is 4.39. The van der Waals surface area contributed by atoms with Crippen LogP contribution in [-0.4, -0.2) is 49.6 Å². The summed E-state index contributed by atoms with van der Waals surface area (Å²) >= 11 is 0. The standard InChI is InChI=1S/C15H26N2O3/c1-2-20-15(19)13-5-9-17(10-6-13)14(18)11-12-3-7-16-8-4-12/h12-13,16H,2-11H2,1H3. The van der Waals surface area contributed by atoms with E-state index in [2.05, 4.69) is 5.32 Å². The fourth-order valence-corrected chi connectivity index (χ4v) is 3.09. The predicted octanol–water partition coefficient (Wildman–Crippen LogP) is 1.18. The molecule has 0 aromatic rings. The number of carbonyl (C=O) groups is 2. The van der Waals surface area contributed by atoms with Gasteiger partial charge in [-0.25, -0.2) is 0 Å². The highest BCUT2D eigenvalue weighted by molar-refractivity contribution is 5.77. The third kappa shape index (κ3) is 4.20. The van der Waals surface area contributed by atoms with Crippen LogP contribution < -0.4 is 5.32 Å². The predicted molar refractivity (Wildman–Crippen MR) is 76.1 cm³/mol. The fourth-order valence-electron chi connectivity index (χ4n) is 3.09. The highest BCUT2D eigenvalue weighted by Gasteiger charge is 2.29. The number of rotatable bonds is 4. The third-order valence-electron chi connectivity index (χ3n) is 4.39. The summed E-state index contributed by atoms with van der Waals surface area (Å²) in [6.07, 6.45) is 4.37. The zero-order valence-electron chi connectivity index (χ0n) is 12.4. The second kappa shape index (κ2) is 7.62. The van der Waals surface area contributed by atoms with E-state index in [1.807, 2.05) is 11.8 Å². The van der Waals surface area contributed by atoms with E-state index >= 15 is 0 Å². The highest BCUT2D eigenvalue weighted by atomic mass is 16.5. The largest absolute Gasteiger partial charge is 0.466 e. The maximum absolute atomic E-state index is 12.3. The number of nitrogens with one attached hydrogen (secondary N) is 1. The lowest BCUT2D eigenvalue weighted by atomic mass is 9.92. The van der Waals surface area contributed by atoms with Crippen molar-refractivity contribution >= 4 is 11.9 Å². The van der Waals surface area contributed by atoms with Crippen molar-refractivity contribution in [1.29, 1.82) is 0 Å². The van der Waals surface area contributed by atoms with Gasteiger partial charge in [-0.1, -0.05) is 0 Å². The summed E-state index contributed by atoms with van der Waals surface area (Å²) in [5.74, 6) is 0.682. The molecule has 1 amide bonds. The first-order chi connectivity index (χ1) is 9.70. The smallest absolute Gasteiger partial charge is 0.309 e. The van der Waals surface area contributed by atoms with Crippen molar-refractivity contribution in [2.75, 3.05) is 32.8 Å². The summed E-state index contributed by atoms with van der Waals surface area (Å²) in [5.41, 5.74) is 0. The van der Waals surface area contributed by atoms with Gasteiger partial charge < -0.3 is 15.0 Å². The molecule has 0 radical (unpaired) electrons. The lowest BCUT2D eigenvalue weighted by molar-refractivity contribution is -0.151. The SMILES string of the molecule is CCOC(=O)C1CCN(C(=O)CC2CCNCC2)CC1. The zero-order chi connectivity index (χ0) is 14.4. The quantitative estimate of drug-likeness (QED) is 0.787. The van der Waals surface area contributed by atoms with Gasteiger partial charge in [0.25, 0.3) is 0 Å². The van der Waals surface area contributed by atoms with Crippen LogP contribution in [0.1, 0.15) is 39.0 Å². The van der Waals surface area contributed by atoms with Crippen LogP contribution in [0.3, 0.4) is 0 Å². The average Bonchev–Trinajstić information content (AvgIpc) is 2.48. The van der Waals surface area contributed by atoms with Gasteiger partial charge in [0.15, 0.2) is 0 Å². The van der Waals surface area contributed by atoms with Gasteiger partial charge in [0.2, 0.25) is 5.91 Å². The highest BCUT2D eigenvalue weighted by Crippen LogP contribution is 2.22. The number of carbonyl (C=O) groups excluding carboxylic acids is 2. The summed E-state index contributed by atoms with van der Waals surface area (Å²) in [6, 6.07) is 0. The second-order valence-electron chi connectivity index (χ2n) is 5.80. The van der Waals surface area contributed by atoms with Gasteiger partial charge in [-0.3, -0.25) is 9.59 Å². The number of likely N-dealkylation sites (tertiary alicyclic amines) is 1. The van der Waals surface area contributed by atoms with Crippen LogP contribution in [-0.2, 0) is 14.3 Å². The maximum Gasteiger partial charge on any atom is 0.309 e. The van der Waals surface area contributed by atoms with Gasteiger partial charge >= 0.3 is 5.97 Å². The molecule has 2 saturated heterocycles. The summed E-state index contributed by atoms with van der Waals surface area (Å²) in [4.78, 5) is 25.8. The first-order valence-electron chi connectivity index (χ1n) is 7.85. The van der Waals surface area contributed by atoms with Gasteiger partial charge in [0, 0.05) is 19.5 Å². The molecule has 0 spiro atoms. The van der Waals surface area contributed by atoms with E-state index in [4.69, 9.17) is 4.74 Å². The minimum absolute atomic E-state index is 0.0159. The lowest BCUT2D eigenvalue weighted by Gasteiger charge is -2.32. The number of esters is 1. The van der Waals surface area contributed by atoms with Gasteiger partial charge in [-0.05, 0) is 51.6 Å². The normalized spacial score (nSPS) is 21.8. The summed E-state index contributed by atoms with van der Waals surface area (Å²) in [6.45, 7) is 5.73. The molecule has 2 aliphatic rings. The molecule has 0 aliphatic carbocycles. The fraction of sp³-hybridized carbons (Fsp3) is 0.867. The summed E-state index contributed by atoms with van der Waals surface area (Å²) in [7, 11) is 0. The van der Waals surface area contributed by atoms with Crippen molar-refractivity contribution in [3.05, 3.63) is 0 Å². The average molecular weight is 282 g/mol. The van der Waals surface area contributed by atoms with Crippen molar-refractivity contribution in [1.82, 2.24) is 10.2 Å². The van der Waals surface area contributed by atoms with Crippen molar-refractivity contribution in [2.24, 2.45) is 11.8 Å². The number of nitrogens with zero attached hydrogens (tertiary/aromatic N) is 1. The molecule has 0 bridgehead atoms. The Hall–Kier alpha value is -1.10. The molecule has 0 aromatic carbocycles. The van der Waals surface area contributed by atoms with Crippen LogP contribution in [0.2, 0.25) is 0 Å². The Morgan fingerprint density at radius 1 is 1.15 bits per heavy atom. The van der Waals surface area contributed by atoms with E-state index in [1.54, 1.807) is 0 Å². The van der Waals surface area contributed by atoms with E-state index in [0.29, 0.717) is 32.0 Å². The van der Waals surface area contributed by atoms with E-state index in [-0.39, 0.29) is 17.8 Å². The van der Waals surface area contributed by atoms with Crippen molar-refractivity contribution in [2.45, 2.75) is 39.0 Å². The molecule has 2 heterocycles. The Morgan fingerprint density at radius 2 is 1.80 bits per heavy atom. The molecule has 5 nitrogen and oxygen atoms in total. The minimum Gasteiger partial charge on any atom is -0.466 e. The van der Waals surface area contributed by atoms with Gasteiger partial charge in [0.05, 0.1) is 12.5 Å². The van der Waals surface area contributed by atoms with E-state index in [0.717, 1.165) is 38.8 Å². The van der Waals surface area contributed by atoms with Gasteiger partial charge in [-0.2, -0.15) is 0 Å². The molecule has 20 heavy (non-hydrogen) atoms. The monoisotopic (exact) mass is 282 g/mol. The van der Waals surface area contributed by atoms with Crippen molar-refractivity contribution < 1.29 is 14.3 Å². The number of ether oxygens (including phenoxy) is 1. The summed E-state index contributed by atoms with van der Waals surface area (Å²) in [5, 5.41) is 3.32. The molecule has 0 saturated carbocycles. The molecule has 0 unspecified atom stereocenters. The molecule has 0 aromatic heterocycles. The topological polar surface area (TPSA) is 58.6 Å². The first-order valence-corrected chi connectivity index (χ1v) is 7.85. The Morgan fingerprint density at radius 3 is 2.40 bits per heavy atom. The molecular weight excluding hydrogens is 256 g/mol. The Labute approximate surface area is 121 Å². The van der Waals surface area contributed by atoms with Crippen molar-refractivity contribution in [3.63, 3.8) is 0 Å². The number of amides is 1. The molecule has 2 fully saturated rings. The Kier molecular flexibility index (Phi) is 5.83. The van der Waals surface area contributed by atoms with Crippen LogP contribution >= 0.6 is 0 Å². The van der Waals surface area contributed by atoms with Gasteiger partial charge in [0.1, 0.15) is 0 Å². The molecule has 2 rings (SSSR count). The molecular formula is C15H26N2O3. The molecule has 2 aliphatic heterocycles. The minimum atomic E-state index is -0.0991. The first kappa shape index (κ1) is 15.3. The number of piperidine rings is 2. The van der Waals surface area contributed by atoms with Crippen molar-refractivity contribution in [3.8, 4) is 0 Å². The maximum atomic E-state index is 12.3. The van der Waals surface area contributed by atoms with E-state index in [1.165, 1.54) is 0 Å². The van der Waals surface area contributed by atoms with Crippen LogP contribution in [0.5, 0.6) is 0 Å². The van der Waals surface area contributed by atoms with E-state index < -0.39 is 0 Å². The van der Waals surface area contributed by atoms with E-state index in [9.17, 15) is 9.59 Å². The van der Waals surface area contributed by atoms with Crippen LogP contribution in [0, 0.1) is 11.8 Å². The van der Waals surface area contributed by atoms with Crippen LogP contribution in [0.25, 0.3) is 0 Å². The Balaban J connectivity index is 1.72. The number of hydrogen-bond donors (Lipinski definition) is 1. The summed E-state index contributed by atoms with van der Waals surface area (Å²) < 4.78 is 5.05. The Bertz CT molecular complexity index is 332. The lowest BCUT2D eigenvalue weighted by Crippen LogP contribution is -2.42. The van der Waals surface area contributed by atoms with Crippen LogP contribution in [0.4, 0.5) is 0 Å². The molecule has 5 heteroatoms.